The largest absolute Gasteiger partial charge is 0.481 e. The van der Waals surface area contributed by atoms with Gasteiger partial charge < -0.3 is 23.7 Å². The van der Waals surface area contributed by atoms with E-state index in [2.05, 4.69) is 15.0 Å². The zero-order valence-electron chi connectivity index (χ0n) is 18.2. The molecule has 10 heteroatoms. The van der Waals surface area contributed by atoms with Crippen molar-refractivity contribution in [3.05, 3.63) is 24.7 Å². The normalized spacial score (nSPS) is 19.4. The van der Waals surface area contributed by atoms with E-state index in [4.69, 9.17) is 19.2 Å². The van der Waals surface area contributed by atoms with Gasteiger partial charge in [0.25, 0.3) is 0 Å². The molecule has 3 aromatic rings. The molecule has 32 heavy (non-hydrogen) atoms. The molecule has 2 aliphatic rings. The molecule has 3 aromatic heterocycles. The fourth-order valence-corrected chi connectivity index (χ4v) is 4.34. The first-order valence-corrected chi connectivity index (χ1v) is 10.8. The second kappa shape index (κ2) is 8.70. The quantitative estimate of drug-likeness (QED) is 0.594. The lowest BCUT2D eigenvalue weighted by Gasteiger charge is -2.26. The van der Waals surface area contributed by atoms with Crippen molar-refractivity contribution in [2.24, 2.45) is 13.0 Å². The number of nitrogens with zero attached hydrogens (tertiary/aromatic N) is 6. The van der Waals surface area contributed by atoms with E-state index >= 15 is 0 Å². The molecule has 2 saturated heterocycles. The highest BCUT2D eigenvalue weighted by Gasteiger charge is 2.33. The number of aryl methyl sites for hydroxylation is 1. The summed E-state index contributed by atoms with van der Waals surface area (Å²) in [5.41, 5.74) is 2.11. The average Bonchev–Trinajstić information content (AvgIpc) is 3.44. The zero-order chi connectivity index (χ0) is 22.1. The predicted octanol–water partition coefficient (Wildman–Crippen LogP) is 1.84. The Morgan fingerprint density at radius 3 is 2.75 bits per heavy atom. The lowest BCUT2D eigenvalue weighted by Crippen LogP contribution is -2.38. The van der Waals surface area contributed by atoms with Crippen molar-refractivity contribution >= 4 is 17.1 Å². The molecule has 5 rings (SSSR count). The summed E-state index contributed by atoms with van der Waals surface area (Å²) >= 11 is 0. The van der Waals surface area contributed by atoms with E-state index in [0.29, 0.717) is 55.1 Å². The number of rotatable bonds is 5. The van der Waals surface area contributed by atoms with Crippen molar-refractivity contribution < 1.29 is 19.0 Å². The third-order valence-electron chi connectivity index (χ3n) is 6.13. The summed E-state index contributed by atoms with van der Waals surface area (Å²) in [5, 5.41) is 0. The molecule has 2 aliphatic heterocycles. The molecular formula is C22H26N6O4. The Morgan fingerprint density at radius 2 is 2.00 bits per heavy atom. The van der Waals surface area contributed by atoms with Crippen molar-refractivity contribution in [3.8, 4) is 23.1 Å². The van der Waals surface area contributed by atoms with Gasteiger partial charge in [0.2, 0.25) is 17.7 Å². The van der Waals surface area contributed by atoms with Gasteiger partial charge in [-0.15, -0.1) is 0 Å². The third-order valence-corrected chi connectivity index (χ3v) is 6.13. The Morgan fingerprint density at radius 1 is 1.16 bits per heavy atom. The molecule has 0 aliphatic carbocycles. The van der Waals surface area contributed by atoms with E-state index in [9.17, 15) is 4.79 Å². The number of imidazole rings is 1. The summed E-state index contributed by atoms with van der Waals surface area (Å²) in [6.07, 6.45) is 5.43. The second-order valence-corrected chi connectivity index (χ2v) is 8.13. The highest BCUT2D eigenvalue weighted by atomic mass is 16.5. The van der Waals surface area contributed by atoms with Crippen molar-refractivity contribution in [1.82, 2.24) is 29.4 Å². The highest BCUT2D eigenvalue weighted by Crippen LogP contribution is 2.29. The summed E-state index contributed by atoms with van der Waals surface area (Å²) in [6, 6.07) is 3.69. The molecule has 10 nitrogen and oxygen atoms in total. The average molecular weight is 438 g/mol. The molecule has 2 fully saturated rings. The van der Waals surface area contributed by atoms with Crippen LogP contribution >= 0.6 is 0 Å². The molecule has 168 valence electrons. The van der Waals surface area contributed by atoms with Gasteiger partial charge in [-0.2, -0.15) is 4.98 Å². The number of carbonyl (C=O) groups is 1. The maximum Gasteiger partial charge on any atom is 0.245 e. The van der Waals surface area contributed by atoms with Gasteiger partial charge in [0.15, 0.2) is 11.2 Å². The van der Waals surface area contributed by atoms with Crippen LogP contribution in [-0.2, 0) is 16.6 Å². The Bertz CT molecular complexity index is 1110. The molecule has 0 bridgehead atoms. The molecule has 0 spiro atoms. The Balaban J connectivity index is 1.34. The van der Waals surface area contributed by atoms with Crippen molar-refractivity contribution in [3.63, 3.8) is 0 Å². The van der Waals surface area contributed by atoms with Crippen LogP contribution < -0.4 is 9.47 Å². The van der Waals surface area contributed by atoms with Crippen molar-refractivity contribution in [2.45, 2.75) is 25.4 Å². The van der Waals surface area contributed by atoms with E-state index < -0.39 is 0 Å². The smallest absolute Gasteiger partial charge is 0.245 e. The first kappa shape index (κ1) is 20.6. The van der Waals surface area contributed by atoms with Gasteiger partial charge in [-0.25, -0.2) is 15.0 Å². The van der Waals surface area contributed by atoms with E-state index in [1.165, 1.54) is 6.33 Å². The number of hydrogen-bond donors (Lipinski definition) is 0. The van der Waals surface area contributed by atoms with Gasteiger partial charge in [0.05, 0.1) is 13.7 Å². The van der Waals surface area contributed by atoms with Gasteiger partial charge in [0.1, 0.15) is 18.3 Å². The lowest BCUT2D eigenvalue weighted by atomic mass is 9.99. The Hall–Kier alpha value is -3.27. The first-order chi connectivity index (χ1) is 15.6. The van der Waals surface area contributed by atoms with Crippen LogP contribution in [0.1, 0.15) is 19.3 Å². The van der Waals surface area contributed by atoms with Crippen LogP contribution in [0.5, 0.6) is 11.8 Å². The standard InChI is InChI=1S/C22H26N6O4/c1-27-19(15-3-4-17(30-2)23-11-15)26-18-20(27)24-13-25-21(18)32-16-5-8-28(12-16)22(29)14-6-9-31-10-7-14/h3-4,11,13-14,16H,5-10,12H2,1-2H3/t16-/m0/s1. The van der Waals surface area contributed by atoms with Crippen molar-refractivity contribution in [2.75, 3.05) is 33.4 Å². The van der Waals surface area contributed by atoms with Gasteiger partial charge in [-0.05, 0) is 18.9 Å². The molecule has 1 atom stereocenters. The number of aromatic nitrogens is 5. The van der Waals surface area contributed by atoms with Gasteiger partial charge in [-0.1, -0.05) is 0 Å². The fourth-order valence-electron chi connectivity index (χ4n) is 4.34. The molecule has 0 N–H and O–H groups in total. The van der Waals surface area contributed by atoms with E-state index in [0.717, 1.165) is 24.8 Å². The van der Waals surface area contributed by atoms with Gasteiger partial charge in [-0.3, -0.25) is 4.79 Å². The highest BCUT2D eigenvalue weighted by molar-refractivity contribution is 5.81. The summed E-state index contributed by atoms with van der Waals surface area (Å²) in [4.78, 5) is 32.5. The number of amides is 1. The van der Waals surface area contributed by atoms with E-state index in [1.54, 1.807) is 19.4 Å². The number of ether oxygens (including phenoxy) is 3. The summed E-state index contributed by atoms with van der Waals surface area (Å²) in [6.45, 7) is 2.58. The third kappa shape index (κ3) is 3.86. The van der Waals surface area contributed by atoms with Crippen LogP contribution in [-0.4, -0.2) is 74.8 Å². The number of hydrogen-bond acceptors (Lipinski definition) is 8. The first-order valence-electron chi connectivity index (χ1n) is 10.8. The molecule has 1 amide bonds. The molecule has 0 saturated carbocycles. The molecule has 0 aromatic carbocycles. The SMILES string of the molecule is COc1ccc(-c2nc3c(O[C@H]4CCN(C(=O)C5CCOCC5)C4)ncnc3n2C)cn1. The molecular weight excluding hydrogens is 412 g/mol. The van der Waals surface area contributed by atoms with Gasteiger partial charge in [0, 0.05) is 57.0 Å². The number of pyridine rings is 1. The number of likely N-dealkylation sites (tertiary alicyclic amines) is 1. The zero-order valence-corrected chi connectivity index (χ0v) is 18.2. The molecule has 0 unspecified atom stereocenters. The van der Waals surface area contributed by atoms with Crippen LogP contribution in [0.25, 0.3) is 22.6 Å². The van der Waals surface area contributed by atoms with Gasteiger partial charge >= 0.3 is 0 Å². The number of methoxy groups -OCH3 is 1. The summed E-state index contributed by atoms with van der Waals surface area (Å²) < 4.78 is 18.6. The topological polar surface area (TPSA) is 104 Å². The monoisotopic (exact) mass is 438 g/mol. The number of fused-ring (bicyclic) bond motifs is 1. The van der Waals surface area contributed by atoms with Crippen LogP contribution in [0.4, 0.5) is 0 Å². The Kier molecular flexibility index (Phi) is 5.60. The minimum atomic E-state index is -0.120. The minimum Gasteiger partial charge on any atom is -0.481 e. The second-order valence-electron chi connectivity index (χ2n) is 8.13. The molecule has 0 radical (unpaired) electrons. The van der Waals surface area contributed by atoms with Crippen LogP contribution in [0, 0.1) is 5.92 Å². The maximum absolute atomic E-state index is 12.8. The van der Waals surface area contributed by atoms with Crippen molar-refractivity contribution in [1.29, 1.82) is 0 Å². The van der Waals surface area contributed by atoms with Crippen LogP contribution in [0.2, 0.25) is 0 Å². The predicted molar refractivity (Wildman–Crippen MR) is 115 cm³/mol. The summed E-state index contributed by atoms with van der Waals surface area (Å²) in [7, 11) is 3.48. The van der Waals surface area contributed by atoms with Crippen LogP contribution in [0.15, 0.2) is 24.7 Å². The minimum absolute atomic E-state index is 0.0599. The molecule has 5 heterocycles. The fraction of sp³-hybridized carbons (Fsp3) is 0.500. The lowest BCUT2D eigenvalue weighted by molar-refractivity contribution is -0.137. The Labute approximate surface area is 185 Å². The maximum atomic E-state index is 12.8. The van der Waals surface area contributed by atoms with Crippen LogP contribution in [0.3, 0.4) is 0 Å². The van der Waals surface area contributed by atoms with E-state index in [-0.39, 0.29) is 17.9 Å². The number of carbonyl (C=O) groups excluding carboxylic acids is 1. The summed E-state index contributed by atoms with van der Waals surface area (Å²) in [5.74, 6) is 1.95. The van der Waals surface area contributed by atoms with E-state index in [1.807, 2.05) is 22.6 Å².